The first-order chi connectivity index (χ1) is 10.8. The molecule has 0 aliphatic rings. The molecular formula is C16H18BrN3O3. The highest BCUT2D eigenvalue weighted by atomic mass is 79.9. The molecule has 0 aliphatic heterocycles. The largest absolute Gasteiger partial charge is 0.454 e. The number of amides is 1. The second kappa shape index (κ2) is 7.41. The van der Waals surface area contributed by atoms with E-state index in [1.165, 1.54) is 0 Å². The van der Waals surface area contributed by atoms with Crippen LogP contribution in [-0.4, -0.2) is 28.3 Å². The summed E-state index contributed by atoms with van der Waals surface area (Å²) in [6, 6.07) is 7.32. The van der Waals surface area contributed by atoms with Gasteiger partial charge in [0.25, 0.3) is 5.91 Å². The molecule has 0 radical (unpaired) electrons. The SMILES string of the molecule is Cc1cc(C)n(CC(=O)OCC(=O)Nc2ccc(Br)c(C)c2)n1. The Hall–Kier alpha value is -2.15. The molecule has 0 saturated heterocycles. The third kappa shape index (κ3) is 4.92. The summed E-state index contributed by atoms with van der Waals surface area (Å²) in [6.45, 7) is 5.30. The van der Waals surface area contributed by atoms with Gasteiger partial charge in [0.05, 0.1) is 5.69 Å². The highest BCUT2D eigenvalue weighted by molar-refractivity contribution is 9.10. The van der Waals surface area contributed by atoms with Crippen LogP contribution in [0, 0.1) is 20.8 Å². The number of ether oxygens (including phenoxy) is 1. The highest BCUT2D eigenvalue weighted by Gasteiger charge is 2.11. The lowest BCUT2D eigenvalue weighted by atomic mass is 10.2. The third-order valence-corrected chi connectivity index (χ3v) is 4.08. The number of benzene rings is 1. The minimum atomic E-state index is -0.502. The maximum Gasteiger partial charge on any atom is 0.328 e. The van der Waals surface area contributed by atoms with Crippen molar-refractivity contribution in [2.45, 2.75) is 27.3 Å². The number of carbonyl (C=O) groups is 2. The number of aromatic nitrogens is 2. The molecule has 1 heterocycles. The molecule has 0 unspecified atom stereocenters. The lowest BCUT2D eigenvalue weighted by Crippen LogP contribution is -2.23. The van der Waals surface area contributed by atoms with Gasteiger partial charge in [-0.05, 0) is 50.6 Å². The fourth-order valence-electron chi connectivity index (χ4n) is 2.07. The summed E-state index contributed by atoms with van der Waals surface area (Å²) in [5.74, 6) is -0.883. The fourth-order valence-corrected chi connectivity index (χ4v) is 2.32. The van der Waals surface area contributed by atoms with Gasteiger partial charge in [0.1, 0.15) is 6.54 Å². The molecule has 0 aliphatic carbocycles. The van der Waals surface area contributed by atoms with Crippen molar-refractivity contribution in [1.82, 2.24) is 9.78 Å². The zero-order valence-corrected chi connectivity index (χ0v) is 14.8. The van der Waals surface area contributed by atoms with E-state index >= 15 is 0 Å². The summed E-state index contributed by atoms with van der Waals surface area (Å²) in [6.07, 6.45) is 0. The summed E-state index contributed by atoms with van der Waals surface area (Å²) in [5.41, 5.74) is 3.36. The van der Waals surface area contributed by atoms with Crippen molar-refractivity contribution in [3.63, 3.8) is 0 Å². The average Bonchev–Trinajstić information content (AvgIpc) is 2.79. The molecule has 7 heteroatoms. The van der Waals surface area contributed by atoms with Crippen LogP contribution >= 0.6 is 15.9 Å². The number of anilines is 1. The second-order valence-corrected chi connectivity index (χ2v) is 6.11. The van der Waals surface area contributed by atoms with Gasteiger partial charge >= 0.3 is 5.97 Å². The van der Waals surface area contributed by atoms with Gasteiger partial charge in [0, 0.05) is 15.9 Å². The molecule has 1 aromatic heterocycles. The summed E-state index contributed by atoms with van der Waals surface area (Å²) < 4.78 is 7.49. The van der Waals surface area contributed by atoms with Crippen molar-refractivity contribution >= 4 is 33.5 Å². The molecule has 0 spiro atoms. The van der Waals surface area contributed by atoms with E-state index in [0.717, 1.165) is 21.4 Å². The average molecular weight is 380 g/mol. The van der Waals surface area contributed by atoms with Crippen LogP contribution in [0.1, 0.15) is 17.0 Å². The van der Waals surface area contributed by atoms with E-state index < -0.39 is 5.97 Å². The minimum Gasteiger partial charge on any atom is -0.454 e. The topological polar surface area (TPSA) is 73.2 Å². The number of aryl methyl sites for hydroxylation is 3. The van der Waals surface area contributed by atoms with Gasteiger partial charge in [0.2, 0.25) is 0 Å². The summed E-state index contributed by atoms with van der Waals surface area (Å²) in [4.78, 5) is 23.6. The first-order valence-electron chi connectivity index (χ1n) is 7.08. The predicted octanol–water partition coefficient (Wildman–Crippen LogP) is 2.75. The monoisotopic (exact) mass is 379 g/mol. The Morgan fingerprint density at radius 2 is 2.00 bits per heavy atom. The number of hydrogen-bond acceptors (Lipinski definition) is 4. The Bertz CT molecular complexity index is 740. The molecule has 1 aromatic carbocycles. The van der Waals surface area contributed by atoms with Crippen molar-refractivity contribution in [3.05, 3.63) is 45.7 Å². The Morgan fingerprint density at radius 3 is 2.61 bits per heavy atom. The third-order valence-electron chi connectivity index (χ3n) is 3.19. The van der Waals surface area contributed by atoms with Gasteiger partial charge in [-0.15, -0.1) is 0 Å². The van der Waals surface area contributed by atoms with Crippen molar-refractivity contribution < 1.29 is 14.3 Å². The van der Waals surface area contributed by atoms with E-state index in [-0.39, 0.29) is 19.1 Å². The maximum absolute atomic E-state index is 11.8. The van der Waals surface area contributed by atoms with E-state index in [1.54, 1.807) is 10.7 Å². The Morgan fingerprint density at radius 1 is 1.26 bits per heavy atom. The lowest BCUT2D eigenvalue weighted by Gasteiger charge is -2.08. The zero-order valence-electron chi connectivity index (χ0n) is 13.2. The molecule has 0 bridgehead atoms. The van der Waals surface area contributed by atoms with E-state index in [1.807, 2.05) is 39.0 Å². The number of carbonyl (C=O) groups excluding carboxylic acids is 2. The van der Waals surface area contributed by atoms with Crippen LogP contribution in [0.4, 0.5) is 5.69 Å². The van der Waals surface area contributed by atoms with Gasteiger partial charge in [-0.3, -0.25) is 14.3 Å². The quantitative estimate of drug-likeness (QED) is 0.810. The molecule has 0 saturated carbocycles. The first kappa shape index (κ1) is 17.2. The van der Waals surface area contributed by atoms with Crippen molar-refractivity contribution in [2.24, 2.45) is 0 Å². The van der Waals surface area contributed by atoms with Gasteiger partial charge in [-0.1, -0.05) is 15.9 Å². The van der Waals surface area contributed by atoms with Crippen molar-refractivity contribution in [1.29, 1.82) is 0 Å². The van der Waals surface area contributed by atoms with Gasteiger partial charge in [-0.25, -0.2) is 0 Å². The zero-order chi connectivity index (χ0) is 17.0. The van der Waals surface area contributed by atoms with Crippen molar-refractivity contribution in [2.75, 3.05) is 11.9 Å². The van der Waals surface area contributed by atoms with Gasteiger partial charge < -0.3 is 10.1 Å². The molecule has 2 aromatic rings. The first-order valence-corrected chi connectivity index (χ1v) is 7.87. The van der Waals surface area contributed by atoms with E-state index in [2.05, 4.69) is 26.3 Å². The number of nitrogens with one attached hydrogen (secondary N) is 1. The van der Waals surface area contributed by atoms with Crippen LogP contribution in [0.25, 0.3) is 0 Å². The Labute approximate surface area is 143 Å². The molecule has 2 rings (SSSR count). The van der Waals surface area contributed by atoms with Crippen LogP contribution in [-0.2, 0) is 20.9 Å². The Kier molecular flexibility index (Phi) is 5.54. The number of rotatable bonds is 5. The predicted molar refractivity (Wildman–Crippen MR) is 90.2 cm³/mol. The molecule has 1 N–H and O–H groups in total. The van der Waals surface area contributed by atoms with E-state index in [9.17, 15) is 9.59 Å². The number of hydrogen-bond donors (Lipinski definition) is 1. The molecule has 6 nitrogen and oxygen atoms in total. The maximum atomic E-state index is 11.8. The van der Waals surface area contributed by atoms with E-state index in [4.69, 9.17) is 4.74 Å². The summed E-state index contributed by atoms with van der Waals surface area (Å²) in [7, 11) is 0. The number of nitrogens with zero attached hydrogens (tertiary/aromatic N) is 2. The van der Waals surface area contributed by atoms with E-state index in [0.29, 0.717) is 5.69 Å². The molecule has 0 atom stereocenters. The molecular weight excluding hydrogens is 362 g/mol. The summed E-state index contributed by atoms with van der Waals surface area (Å²) >= 11 is 3.39. The normalized spacial score (nSPS) is 10.4. The number of esters is 1. The minimum absolute atomic E-state index is 0.00958. The fraction of sp³-hybridized carbons (Fsp3) is 0.312. The molecule has 1 amide bonds. The van der Waals surface area contributed by atoms with Crippen LogP contribution in [0.15, 0.2) is 28.7 Å². The van der Waals surface area contributed by atoms with Crippen LogP contribution in [0.2, 0.25) is 0 Å². The lowest BCUT2D eigenvalue weighted by molar-refractivity contribution is -0.148. The van der Waals surface area contributed by atoms with Gasteiger partial charge in [-0.2, -0.15) is 5.10 Å². The molecule has 23 heavy (non-hydrogen) atoms. The Balaban J connectivity index is 1.82. The number of halogens is 1. The second-order valence-electron chi connectivity index (χ2n) is 5.26. The van der Waals surface area contributed by atoms with Crippen LogP contribution in [0.3, 0.4) is 0 Å². The van der Waals surface area contributed by atoms with Crippen LogP contribution < -0.4 is 5.32 Å². The highest BCUT2D eigenvalue weighted by Crippen LogP contribution is 2.19. The van der Waals surface area contributed by atoms with Gasteiger partial charge in [0.15, 0.2) is 6.61 Å². The van der Waals surface area contributed by atoms with Crippen LogP contribution in [0.5, 0.6) is 0 Å². The van der Waals surface area contributed by atoms with Crippen molar-refractivity contribution in [3.8, 4) is 0 Å². The molecule has 122 valence electrons. The molecule has 0 fully saturated rings. The standard InChI is InChI=1S/C16H18BrN3O3/c1-10-6-13(4-5-14(10)17)18-15(21)9-23-16(22)8-20-12(3)7-11(2)19-20/h4-7H,8-9H2,1-3H3,(H,18,21). The summed E-state index contributed by atoms with van der Waals surface area (Å²) in [5, 5.41) is 6.86. The smallest absolute Gasteiger partial charge is 0.328 e.